The van der Waals surface area contributed by atoms with Gasteiger partial charge in [0.1, 0.15) is 0 Å². The first-order chi connectivity index (χ1) is 7.99. The van der Waals surface area contributed by atoms with E-state index in [1.807, 2.05) is 13.0 Å². The molecule has 94 valence electrons. The van der Waals surface area contributed by atoms with Crippen LogP contribution in [0.3, 0.4) is 0 Å². The summed E-state index contributed by atoms with van der Waals surface area (Å²) in [6, 6.07) is 1.99. The molecule has 2 nitrogen and oxygen atoms in total. The Morgan fingerprint density at radius 2 is 2.00 bits per heavy atom. The summed E-state index contributed by atoms with van der Waals surface area (Å²) in [4.78, 5) is 11.8. The summed E-state index contributed by atoms with van der Waals surface area (Å²) in [5, 5.41) is 0. The van der Waals surface area contributed by atoms with Crippen LogP contribution in [-0.2, 0) is 5.54 Å². The van der Waals surface area contributed by atoms with Crippen molar-refractivity contribution >= 4 is 17.4 Å². The molecule has 1 aromatic rings. The van der Waals surface area contributed by atoms with Crippen LogP contribution in [0.15, 0.2) is 6.07 Å². The largest absolute Gasteiger partial charge is 0.343 e. The molecular formula is C14H20ClNO. The van der Waals surface area contributed by atoms with Gasteiger partial charge in [-0.05, 0) is 39.7 Å². The Bertz CT molecular complexity index is 441. The summed E-state index contributed by atoms with van der Waals surface area (Å²) < 4.78 is 2.35. The fourth-order valence-corrected chi connectivity index (χ4v) is 3.45. The van der Waals surface area contributed by atoms with Crippen LogP contribution in [0.4, 0.5) is 0 Å². The zero-order valence-electron chi connectivity index (χ0n) is 10.8. The average molecular weight is 254 g/mol. The van der Waals surface area contributed by atoms with Gasteiger partial charge < -0.3 is 4.57 Å². The zero-order chi connectivity index (χ0) is 12.6. The number of ketones is 1. The Morgan fingerprint density at radius 3 is 2.53 bits per heavy atom. The van der Waals surface area contributed by atoms with Crippen LogP contribution in [0.5, 0.6) is 0 Å². The molecular weight excluding hydrogens is 234 g/mol. The van der Waals surface area contributed by atoms with Crippen molar-refractivity contribution in [2.75, 3.05) is 5.88 Å². The van der Waals surface area contributed by atoms with E-state index in [9.17, 15) is 4.79 Å². The fourth-order valence-electron chi connectivity index (χ4n) is 3.31. The number of hydrogen-bond donors (Lipinski definition) is 0. The molecule has 0 aliphatic heterocycles. The number of rotatable bonds is 3. The topological polar surface area (TPSA) is 22.0 Å². The van der Waals surface area contributed by atoms with Crippen molar-refractivity contribution in [1.29, 1.82) is 0 Å². The summed E-state index contributed by atoms with van der Waals surface area (Å²) in [5.74, 6) is 0.105. The minimum atomic E-state index is 0.0348. The second-order valence-corrected chi connectivity index (χ2v) is 5.65. The number of hydrogen-bond acceptors (Lipinski definition) is 1. The van der Waals surface area contributed by atoms with Crippen molar-refractivity contribution < 1.29 is 4.79 Å². The molecule has 1 fully saturated rings. The van der Waals surface area contributed by atoms with Crippen LogP contribution in [0.1, 0.15) is 54.4 Å². The second kappa shape index (κ2) is 4.49. The van der Waals surface area contributed by atoms with Gasteiger partial charge in [0, 0.05) is 22.5 Å². The van der Waals surface area contributed by atoms with Crippen LogP contribution in [0, 0.1) is 13.8 Å². The van der Waals surface area contributed by atoms with Crippen LogP contribution in [0.25, 0.3) is 0 Å². The van der Waals surface area contributed by atoms with Crippen molar-refractivity contribution in [3.05, 3.63) is 23.0 Å². The Kier molecular flexibility index (Phi) is 3.35. The molecule has 17 heavy (non-hydrogen) atoms. The number of carbonyl (C=O) groups is 1. The quantitative estimate of drug-likeness (QED) is 0.593. The van der Waals surface area contributed by atoms with E-state index in [2.05, 4.69) is 18.4 Å². The number of alkyl halides is 1. The van der Waals surface area contributed by atoms with Gasteiger partial charge in [-0.1, -0.05) is 12.8 Å². The van der Waals surface area contributed by atoms with Crippen molar-refractivity contribution in [2.24, 2.45) is 0 Å². The Morgan fingerprint density at radius 1 is 1.41 bits per heavy atom. The van der Waals surface area contributed by atoms with Crippen molar-refractivity contribution in [1.82, 2.24) is 4.57 Å². The molecule has 1 saturated carbocycles. The van der Waals surface area contributed by atoms with E-state index in [1.54, 1.807) is 0 Å². The standard InChI is InChI=1S/C14H20ClNO/c1-10-8-12(13(17)9-15)11(2)16(10)14(3)6-4-5-7-14/h8H,4-7,9H2,1-3H3. The first-order valence-corrected chi connectivity index (χ1v) is 6.81. The summed E-state index contributed by atoms with van der Waals surface area (Å²) in [7, 11) is 0. The first kappa shape index (κ1) is 12.7. The van der Waals surface area contributed by atoms with E-state index in [1.165, 1.54) is 31.4 Å². The third-order valence-corrected chi connectivity index (χ3v) is 4.32. The number of nitrogens with zero attached hydrogens (tertiary/aromatic N) is 1. The van der Waals surface area contributed by atoms with Crippen LogP contribution in [0.2, 0.25) is 0 Å². The number of carbonyl (C=O) groups excluding carboxylic acids is 1. The van der Waals surface area contributed by atoms with E-state index in [-0.39, 0.29) is 17.2 Å². The van der Waals surface area contributed by atoms with Gasteiger partial charge in [-0.3, -0.25) is 4.79 Å². The van der Waals surface area contributed by atoms with Gasteiger partial charge in [0.05, 0.1) is 5.88 Å². The Hall–Kier alpha value is -0.760. The molecule has 1 aliphatic rings. The minimum Gasteiger partial charge on any atom is -0.343 e. The highest BCUT2D eigenvalue weighted by atomic mass is 35.5. The first-order valence-electron chi connectivity index (χ1n) is 6.28. The van der Waals surface area contributed by atoms with E-state index < -0.39 is 0 Å². The van der Waals surface area contributed by atoms with Gasteiger partial charge >= 0.3 is 0 Å². The van der Waals surface area contributed by atoms with Crippen molar-refractivity contribution in [3.63, 3.8) is 0 Å². The average Bonchev–Trinajstić information content (AvgIpc) is 2.83. The normalized spacial score (nSPS) is 18.6. The molecule has 1 heterocycles. The number of halogens is 1. The highest BCUT2D eigenvalue weighted by Crippen LogP contribution is 2.39. The molecule has 0 atom stereocenters. The summed E-state index contributed by atoms with van der Waals surface area (Å²) >= 11 is 5.66. The molecule has 0 N–H and O–H groups in total. The maximum atomic E-state index is 11.8. The van der Waals surface area contributed by atoms with Crippen molar-refractivity contribution in [3.8, 4) is 0 Å². The predicted octanol–water partition coefficient (Wildman–Crippen LogP) is 3.82. The Balaban J connectivity index is 2.48. The molecule has 1 aromatic heterocycles. The number of aryl methyl sites for hydroxylation is 1. The van der Waals surface area contributed by atoms with E-state index in [0.29, 0.717) is 0 Å². The van der Waals surface area contributed by atoms with Gasteiger partial charge in [-0.25, -0.2) is 0 Å². The lowest BCUT2D eigenvalue weighted by Gasteiger charge is -2.30. The third-order valence-electron chi connectivity index (χ3n) is 4.07. The maximum Gasteiger partial charge on any atom is 0.179 e. The smallest absolute Gasteiger partial charge is 0.179 e. The number of Topliss-reactive ketones (excluding diaryl/α,β-unsaturated/α-hetero) is 1. The molecule has 0 amide bonds. The maximum absolute atomic E-state index is 11.8. The van der Waals surface area contributed by atoms with Crippen LogP contribution in [-0.4, -0.2) is 16.2 Å². The highest BCUT2D eigenvalue weighted by molar-refractivity contribution is 6.30. The van der Waals surface area contributed by atoms with E-state index in [0.717, 1.165) is 11.3 Å². The van der Waals surface area contributed by atoms with Gasteiger partial charge in [0.2, 0.25) is 0 Å². The molecule has 0 saturated heterocycles. The molecule has 0 radical (unpaired) electrons. The molecule has 0 unspecified atom stereocenters. The minimum absolute atomic E-state index is 0.0348. The molecule has 0 spiro atoms. The predicted molar refractivity (Wildman–Crippen MR) is 71.1 cm³/mol. The monoisotopic (exact) mass is 253 g/mol. The zero-order valence-corrected chi connectivity index (χ0v) is 11.6. The summed E-state index contributed by atoms with van der Waals surface area (Å²) in [6.45, 7) is 6.42. The molecule has 2 rings (SSSR count). The summed E-state index contributed by atoms with van der Waals surface area (Å²) in [5.41, 5.74) is 3.25. The second-order valence-electron chi connectivity index (χ2n) is 5.38. The van der Waals surface area contributed by atoms with Gasteiger partial charge in [0.15, 0.2) is 5.78 Å². The van der Waals surface area contributed by atoms with Gasteiger partial charge in [0.25, 0.3) is 0 Å². The van der Waals surface area contributed by atoms with Crippen LogP contribution < -0.4 is 0 Å². The SMILES string of the molecule is Cc1cc(C(=O)CCl)c(C)n1C1(C)CCCC1. The van der Waals surface area contributed by atoms with E-state index in [4.69, 9.17) is 11.6 Å². The van der Waals surface area contributed by atoms with Crippen LogP contribution >= 0.6 is 11.6 Å². The molecule has 3 heteroatoms. The molecule has 0 bridgehead atoms. The Labute approximate surface area is 108 Å². The number of aromatic nitrogens is 1. The highest BCUT2D eigenvalue weighted by Gasteiger charge is 2.33. The van der Waals surface area contributed by atoms with E-state index >= 15 is 0 Å². The lowest BCUT2D eigenvalue weighted by molar-refractivity contribution is 0.102. The lowest BCUT2D eigenvalue weighted by Crippen LogP contribution is -2.28. The van der Waals surface area contributed by atoms with Gasteiger partial charge in [-0.15, -0.1) is 11.6 Å². The summed E-state index contributed by atoms with van der Waals surface area (Å²) in [6.07, 6.45) is 4.98. The lowest BCUT2D eigenvalue weighted by atomic mass is 9.99. The fraction of sp³-hybridized carbons (Fsp3) is 0.643. The third kappa shape index (κ3) is 2.03. The molecule has 1 aliphatic carbocycles. The molecule has 0 aromatic carbocycles. The van der Waals surface area contributed by atoms with Crippen molar-refractivity contribution in [2.45, 2.75) is 52.0 Å². The van der Waals surface area contributed by atoms with Gasteiger partial charge in [-0.2, -0.15) is 0 Å².